The molecule has 0 radical (unpaired) electrons. The first-order valence-corrected chi connectivity index (χ1v) is 17.3. The summed E-state index contributed by atoms with van der Waals surface area (Å²) in [6, 6.07) is 17.0. The smallest absolute Gasteiger partial charge is 0.407 e. The summed E-state index contributed by atoms with van der Waals surface area (Å²) in [5.74, 6) is 2.34. The van der Waals surface area contributed by atoms with E-state index in [0.29, 0.717) is 13.3 Å². The first kappa shape index (κ1) is 28.7. The van der Waals surface area contributed by atoms with Gasteiger partial charge in [0.05, 0.1) is 12.2 Å². The fourth-order valence-electron chi connectivity index (χ4n) is 4.18. The maximum atomic E-state index is 11.9. The Morgan fingerprint density at radius 3 is 2.56 bits per heavy atom. The number of fused-ring (bicyclic) bond motifs is 1. The fourth-order valence-corrected chi connectivity index (χ4v) is 4.94. The predicted octanol–water partition coefficient (Wildman–Crippen LogP) is 6.87. The molecule has 39 heavy (non-hydrogen) atoms. The number of hydrogen-bond donors (Lipinski definition) is 1. The molecule has 1 amide bonds. The van der Waals surface area contributed by atoms with Gasteiger partial charge < -0.3 is 24.3 Å². The van der Waals surface area contributed by atoms with E-state index in [2.05, 4.69) is 30.1 Å². The third-order valence-electron chi connectivity index (χ3n) is 6.25. The van der Waals surface area contributed by atoms with E-state index >= 15 is 0 Å². The number of nitrogens with one attached hydrogen (secondary N) is 1. The third-order valence-corrected chi connectivity index (χ3v) is 7.95. The summed E-state index contributed by atoms with van der Waals surface area (Å²) in [6.07, 6.45) is 2.92. The third kappa shape index (κ3) is 8.86. The van der Waals surface area contributed by atoms with Crippen LogP contribution in [0.25, 0.3) is 11.3 Å². The normalized spacial score (nSPS) is 15.3. The maximum absolute atomic E-state index is 11.9. The summed E-state index contributed by atoms with van der Waals surface area (Å²) in [4.78, 5) is 11.9. The van der Waals surface area contributed by atoms with Crippen molar-refractivity contribution in [3.05, 3.63) is 60.3 Å². The molecule has 1 aromatic heterocycles. The van der Waals surface area contributed by atoms with Gasteiger partial charge in [-0.3, -0.25) is 0 Å². The average Bonchev–Trinajstić information content (AvgIpc) is 3.33. The Labute approximate surface area is 232 Å². The lowest BCUT2D eigenvalue weighted by atomic mass is 10.0. The minimum absolute atomic E-state index is 0.0940. The highest BCUT2D eigenvalue weighted by molar-refractivity contribution is 6.76. The molecule has 9 heteroatoms. The summed E-state index contributed by atoms with van der Waals surface area (Å²) in [7, 11) is -1.11. The fraction of sp³-hybridized carbons (Fsp3) is 0.467. The number of hydrogen-bond acceptors (Lipinski definition) is 6. The second-order valence-corrected chi connectivity index (χ2v) is 17.7. The first-order chi connectivity index (χ1) is 18.4. The Bertz CT molecular complexity index is 1240. The largest absolute Gasteiger partial charge is 0.488 e. The van der Waals surface area contributed by atoms with Crippen LogP contribution in [0.1, 0.15) is 32.8 Å². The van der Waals surface area contributed by atoms with Gasteiger partial charge in [0.1, 0.15) is 35.7 Å². The van der Waals surface area contributed by atoms with Gasteiger partial charge in [0.25, 0.3) is 0 Å². The van der Waals surface area contributed by atoms with Gasteiger partial charge in [-0.25, -0.2) is 9.48 Å². The van der Waals surface area contributed by atoms with Gasteiger partial charge in [-0.1, -0.05) is 19.6 Å². The topological polar surface area (TPSA) is 83.8 Å². The lowest BCUT2D eigenvalue weighted by Crippen LogP contribution is -2.40. The van der Waals surface area contributed by atoms with E-state index in [0.717, 1.165) is 59.6 Å². The van der Waals surface area contributed by atoms with Crippen molar-refractivity contribution in [2.45, 2.75) is 77.7 Å². The van der Waals surface area contributed by atoms with Gasteiger partial charge in [-0.2, -0.15) is 5.10 Å². The molecule has 210 valence electrons. The van der Waals surface area contributed by atoms with E-state index in [1.807, 2.05) is 74.0 Å². The Balaban J connectivity index is 1.30. The predicted molar refractivity (Wildman–Crippen MR) is 155 cm³/mol. The zero-order valence-corrected chi connectivity index (χ0v) is 25.0. The molecule has 8 nitrogen and oxygen atoms in total. The second kappa shape index (κ2) is 12.3. The highest BCUT2D eigenvalue weighted by atomic mass is 28.3. The summed E-state index contributed by atoms with van der Waals surface area (Å²) >= 11 is 0. The minimum Gasteiger partial charge on any atom is -0.488 e. The van der Waals surface area contributed by atoms with E-state index in [1.54, 1.807) is 6.20 Å². The van der Waals surface area contributed by atoms with E-state index in [4.69, 9.17) is 18.9 Å². The number of rotatable bonds is 10. The summed E-state index contributed by atoms with van der Waals surface area (Å²) in [6.45, 7) is 14.2. The van der Waals surface area contributed by atoms with Gasteiger partial charge in [0.15, 0.2) is 0 Å². The van der Waals surface area contributed by atoms with Crippen LogP contribution in [-0.2, 0) is 22.6 Å². The molecule has 1 unspecified atom stereocenters. The molecule has 0 bridgehead atoms. The number of amides is 1. The van der Waals surface area contributed by atoms with Crippen molar-refractivity contribution in [3.8, 4) is 28.5 Å². The molecule has 3 aromatic rings. The maximum Gasteiger partial charge on any atom is 0.407 e. The Morgan fingerprint density at radius 2 is 1.85 bits per heavy atom. The molecule has 4 rings (SSSR count). The first-order valence-electron chi connectivity index (χ1n) is 13.6. The van der Waals surface area contributed by atoms with Crippen LogP contribution in [0.2, 0.25) is 25.7 Å². The highest BCUT2D eigenvalue weighted by Gasteiger charge is 2.23. The van der Waals surface area contributed by atoms with Crippen LogP contribution < -0.4 is 14.8 Å². The van der Waals surface area contributed by atoms with E-state index < -0.39 is 19.8 Å². The number of benzene rings is 2. The van der Waals surface area contributed by atoms with Crippen LogP contribution in [-0.4, -0.2) is 48.8 Å². The molecular weight excluding hydrogens is 510 g/mol. The molecule has 0 fully saturated rings. The molecular formula is C30H41N3O5Si. The summed E-state index contributed by atoms with van der Waals surface area (Å²) in [5.41, 5.74) is 2.64. The van der Waals surface area contributed by atoms with E-state index in [9.17, 15) is 4.79 Å². The van der Waals surface area contributed by atoms with Crippen molar-refractivity contribution in [3.63, 3.8) is 0 Å². The van der Waals surface area contributed by atoms with Crippen LogP contribution in [0.5, 0.6) is 17.2 Å². The summed E-state index contributed by atoms with van der Waals surface area (Å²) in [5, 5.41) is 7.23. The van der Waals surface area contributed by atoms with Crippen LogP contribution in [0, 0.1) is 0 Å². The van der Waals surface area contributed by atoms with Crippen molar-refractivity contribution < 1.29 is 23.7 Å². The zero-order chi connectivity index (χ0) is 28.0. The number of aromatic nitrogens is 2. The van der Waals surface area contributed by atoms with Crippen molar-refractivity contribution in [1.29, 1.82) is 0 Å². The molecule has 1 N–H and O–H groups in total. The van der Waals surface area contributed by atoms with Gasteiger partial charge in [-0.15, -0.1) is 0 Å². The standard InChI is InChI=1S/C30H41N3O5Si/c1-30(2,3)38-29(34)31-20-26-12-9-23-19-25(13-14-28(23)37-26)36-24-10-7-22(8-11-24)27-15-16-32-33(27)21-35-17-18-39(4,5)6/h7-8,10-11,13-16,19,26H,9,12,17-18,20-21H2,1-6H3,(H,31,34). The number of carbonyl (C=O) groups is 1. The number of carbonyl (C=O) groups excluding carboxylic acids is 1. The van der Waals surface area contributed by atoms with Gasteiger partial charge in [-0.05, 0) is 93.8 Å². The number of alkyl carbamates (subject to hydrolysis) is 1. The molecule has 2 aromatic carbocycles. The lowest BCUT2D eigenvalue weighted by Gasteiger charge is -2.27. The van der Waals surface area contributed by atoms with Gasteiger partial charge >= 0.3 is 6.09 Å². The molecule has 1 aliphatic rings. The van der Waals surface area contributed by atoms with Gasteiger partial charge in [0, 0.05) is 26.4 Å². The summed E-state index contributed by atoms with van der Waals surface area (Å²) < 4.78 is 25.3. The molecule has 2 heterocycles. The highest BCUT2D eigenvalue weighted by Crippen LogP contribution is 2.33. The van der Waals surface area contributed by atoms with Gasteiger partial charge in [0.2, 0.25) is 0 Å². The second-order valence-electron chi connectivity index (χ2n) is 12.1. The monoisotopic (exact) mass is 551 g/mol. The van der Waals surface area contributed by atoms with Crippen molar-refractivity contribution in [1.82, 2.24) is 15.1 Å². The Hall–Kier alpha value is -3.30. The molecule has 0 aliphatic carbocycles. The van der Waals surface area contributed by atoms with Crippen molar-refractivity contribution in [2.75, 3.05) is 13.2 Å². The number of ether oxygens (including phenoxy) is 4. The molecule has 0 saturated carbocycles. The zero-order valence-electron chi connectivity index (χ0n) is 24.0. The quantitative estimate of drug-likeness (QED) is 0.219. The molecule has 0 spiro atoms. The SMILES string of the molecule is CC(C)(C)OC(=O)NCC1CCc2cc(Oc3ccc(-c4ccnn4COCC[Si](C)(C)C)cc3)ccc2O1. The lowest BCUT2D eigenvalue weighted by molar-refractivity contribution is 0.0494. The van der Waals surface area contributed by atoms with Crippen molar-refractivity contribution in [2.24, 2.45) is 0 Å². The van der Waals surface area contributed by atoms with Crippen LogP contribution in [0.4, 0.5) is 4.79 Å². The Morgan fingerprint density at radius 1 is 1.10 bits per heavy atom. The number of nitrogens with zero attached hydrogens (tertiary/aromatic N) is 2. The molecule has 1 atom stereocenters. The molecule has 1 aliphatic heterocycles. The van der Waals surface area contributed by atoms with Crippen LogP contribution >= 0.6 is 0 Å². The average molecular weight is 552 g/mol. The van der Waals surface area contributed by atoms with Crippen LogP contribution in [0.3, 0.4) is 0 Å². The van der Waals surface area contributed by atoms with Crippen LogP contribution in [0.15, 0.2) is 54.7 Å². The molecule has 0 saturated heterocycles. The van der Waals surface area contributed by atoms with Crippen molar-refractivity contribution >= 4 is 14.2 Å². The van der Waals surface area contributed by atoms with E-state index in [-0.39, 0.29) is 6.10 Å². The number of aryl methyl sites for hydroxylation is 1. The minimum atomic E-state index is -1.11. The Kier molecular flexibility index (Phi) is 9.02. The van der Waals surface area contributed by atoms with E-state index in [1.165, 1.54) is 0 Å².